The fourth-order valence-corrected chi connectivity index (χ4v) is 2.93. The highest BCUT2D eigenvalue weighted by atomic mass is 16.7. The minimum atomic E-state index is -1.07. The Labute approximate surface area is 230 Å². The van der Waals surface area contributed by atoms with Gasteiger partial charge in [0, 0.05) is 6.42 Å². The monoisotopic (exact) mass is 553 g/mol. The molecule has 0 radical (unpaired) electrons. The summed E-state index contributed by atoms with van der Waals surface area (Å²) < 4.78 is 31.2. The number of ether oxygens (including phenoxy) is 6. The summed E-state index contributed by atoms with van der Waals surface area (Å²) in [5.41, 5.74) is 6.55. The second kappa shape index (κ2) is 17.3. The second-order valence-corrected chi connectivity index (χ2v) is 10.0. The minimum absolute atomic E-state index is 0.0204. The average Bonchev–Trinajstić information content (AvgIpc) is 2.84. The highest BCUT2D eigenvalue weighted by molar-refractivity contribution is 5.76. The van der Waals surface area contributed by atoms with Crippen molar-refractivity contribution in [3.05, 3.63) is 23.8 Å². The molecule has 0 aliphatic heterocycles. The fraction of sp³-hybridized carbons (Fsp3) is 0.643. The molecule has 39 heavy (non-hydrogen) atoms. The molecule has 0 saturated heterocycles. The van der Waals surface area contributed by atoms with E-state index >= 15 is 0 Å². The maximum absolute atomic E-state index is 12.5. The Morgan fingerprint density at radius 3 is 1.79 bits per heavy atom. The molecular weight excluding hydrogens is 510 g/mol. The third-order valence-electron chi connectivity index (χ3n) is 5.55. The Hall–Kier alpha value is -3.34. The average molecular weight is 554 g/mol. The van der Waals surface area contributed by atoms with Gasteiger partial charge in [0.2, 0.25) is 0 Å². The standard InChI is InChI=1S/C28H43NO10/c1-8-25(30)36-19(6)20(7)37-26(31)22(29)15-21-9-10-23(38-27(32)34-13-11-17(2)3)24(16-21)39-28(33)35-14-12-18(4)5/h9-10,16-20,22H,8,11-15,29H2,1-7H3/t19-,20-,22-/m0/s1. The van der Waals surface area contributed by atoms with Crippen molar-refractivity contribution in [2.75, 3.05) is 13.2 Å². The van der Waals surface area contributed by atoms with E-state index < -0.39 is 42.5 Å². The van der Waals surface area contributed by atoms with Crippen LogP contribution in [-0.2, 0) is 35.0 Å². The first-order chi connectivity index (χ1) is 18.3. The van der Waals surface area contributed by atoms with Crippen LogP contribution in [0.25, 0.3) is 0 Å². The maximum Gasteiger partial charge on any atom is 0.513 e. The zero-order chi connectivity index (χ0) is 29.5. The van der Waals surface area contributed by atoms with Gasteiger partial charge in [0.15, 0.2) is 11.5 Å². The van der Waals surface area contributed by atoms with Gasteiger partial charge in [-0.3, -0.25) is 9.59 Å². The van der Waals surface area contributed by atoms with Crippen LogP contribution in [0.1, 0.15) is 73.3 Å². The molecule has 0 aliphatic carbocycles. The van der Waals surface area contributed by atoms with Crippen LogP contribution in [0.15, 0.2) is 18.2 Å². The van der Waals surface area contributed by atoms with Crippen LogP contribution in [0.5, 0.6) is 11.5 Å². The van der Waals surface area contributed by atoms with Crippen molar-refractivity contribution in [2.24, 2.45) is 17.6 Å². The smallest absolute Gasteiger partial charge is 0.459 e. The second-order valence-electron chi connectivity index (χ2n) is 10.0. The third kappa shape index (κ3) is 13.9. The molecule has 1 rings (SSSR count). The molecule has 11 nitrogen and oxygen atoms in total. The van der Waals surface area contributed by atoms with Crippen molar-refractivity contribution < 1.29 is 47.6 Å². The van der Waals surface area contributed by atoms with Crippen LogP contribution in [0, 0.1) is 11.8 Å². The molecule has 0 heterocycles. The van der Waals surface area contributed by atoms with Gasteiger partial charge in [0.1, 0.15) is 18.2 Å². The molecule has 0 amide bonds. The summed E-state index contributed by atoms with van der Waals surface area (Å²) in [7, 11) is 0. The van der Waals surface area contributed by atoms with Crippen molar-refractivity contribution >= 4 is 24.2 Å². The van der Waals surface area contributed by atoms with E-state index in [-0.39, 0.29) is 37.6 Å². The minimum Gasteiger partial charge on any atom is -0.459 e. The van der Waals surface area contributed by atoms with Gasteiger partial charge in [-0.05, 0) is 62.6 Å². The van der Waals surface area contributed by atoms with Gasteiger partial charge in [-0.1, -0.05) is 40.7 Å². The Morgan fingerprint density at radius 2 is 1.28 bits per heavy atom. The van der Waals surface area contributed by atoms with Gasteiger partial charge in [-0.15, -0.1) is 0 Å². The number of hydrogen-bond acceptors (Lipinski definition) is 11. The van der Waals surface area contributed by atoms with E-state index in [4.69, 9.17) is 34.2 Å². The Kier molecular flexibility index (Phi) is 14.9. The van der Waals surface area contributed by atoms with Crippen LogP contribution >= 0.6 is 0 Å². The Morgan fingerprint density at radius 1 is 0.769 bits per heavy atom. The summed E-state index contributed by atoms with van der Waals surface area (Å²) in [5, 5.41) is 0. The number of benzene rings is 1. The largest absolute Gasteiger partial charge is 0.513 e. The topological polar surface area (TPSA) is 150 Å². The third-order valence-corrected chi connectivity index (χ3v) is 5.55. The Bertz CT molecular complexity index is 946. The van der Waals surface area contributed by atoms with Crippen LogP contribution in [0.4, 0.5) is 9.59 Å². The van der Waals surface area contributed by atoms with Crippen molar-refractivity contribution in [1.29, 1.82) is 0 Å². The summed E-state index contributed by atoms with van der Waals surface area (Å²) >= 11 is 0. The number of hydrogen-bond donors (Lipinski definition) is 1. The van der Waals surface area contributed by atoms with Gasteiger partial charge >= 0.3 is 24.2 Å². The normalized spacial score (nSPS) is 13.3. The fourth-order valence-electron chi connectivity index (χ4n) is 2.93. The number of esters is 2. The zero-order valence-electron chi connectivity index (χ0n) is 24.0. The molecule has 0 unspecified atom stereocenters. The number of nitrogens with two attached hydrogens (primary N) is 1. The van der Waals surface area contributed by atoms with E-state index in [2.05, 4.69) is 0 Å². The van der Waals surface area contributed by atoms with Crippen LogP contribution in [-0.4, -0.2) is 55.7 Å². The molecule has 0 spiro atoms. The van der Waals surface area contributed by atoms with E-state index in [9.17, 15) is 19.2 Å². The first kappa shape index (κ1) is 33.7. The lowest BCUT2D eigenvalue weighted by Gasteiger charge is -2.22. The van der Waals surface area contributed by atoms with E-state index in [1.165, 1.54) is 12.1 Å². The van der Waals surface area contributed by atoms with Crippen LogP contribution in [0.3, 0.4) is 0 Å². The van der Waals surface area contributed by atoms with Crippen molar-refractivity contribution in [3.8, 4) is 11.5 Å². The van der Waals surface area contributed by atoms with Gasteiger partial charge in [-0.25, -0.2) is 9.59 Å². The molecule has 11 heteroatoms. The van der Waals surface area contributed by atoms with Crippen molar-refractivity contribution in [3.63, 3.8) is 0 Å². The molecular formula is C28H43NO10. The molecule has 2 N–H and O–H groups in total. The van der Waals surface area contributed by atoms with Gasteiger partial charge in [-0.2, -0.15) is 0 Å². The SMILES string of the molecule is CCC(=O)O[C@@H](C)[C@H](C)OC(=O)[C@@H](N)Cc1ccc(OC(=O)OCCC(C)C)c(OC(=O)OCCC(C)C)c1. The lowest BCUT2D eigenvalue weighted by molar-refractivity contribution is -0.166. The highest BCUT2D eigenvalue weighted by Gasteiger charge is 2.25. The molecule has 0 bridgehead atoms. The summed E-state index contributed by atoms with van der Waals surface area (Å²) in [5.74, 6) is -0.610. The lowest BCUT2D eigenvalue weighted by atomic mass is 10.1. The Balaban J connectivity index is 2.93. The van der Waals surface area contributed by atoms with E-state index in [0.29, 0.717) is 30.2 Å². The molecule has 1 aromatic rings. The summed E-state index contributed by atoms with van der Waals surface area (Å²) in [4.78, 5) is 48.4. The first-order valence-electron chi connectivity index (χ1n) is 13.3. The number of rotatable bonds is 15. The predicted octanol–water partition coefficient (Wildman–Crippen LogP) is 4.95. The van der Waals surface area contributed by atoms with Crippen molar-refractivity contribution in [2.45, 2.75) is 92.4 Å². The predicted molar refractivity (Wildman–Crippen MR) is 142 cm³/mol. The van der Waals surface area contributed by atoms with Gasteiger partial charge in [0.05, 0.1) is 13.2 Å². The molecule has 0 saturated carbocycles. The van der Waals surface area contributed by atoms with Crippen LogP contribution in [0.2, 0.25) is 0 Å². The summed E-state index contributed by atoms with van der Waals surface area (Å²) in [6.45, 7) is 13.2. The van der Waals surface area contributed by atoms with Gasteiger partial charge in [0.25, 0.3) is 0 Å². The highest BCUT2D eigenvalue weighted by Crippen LogP contribution is 2.30. The summed E-state index contributed by atoms with van der Waals surface area (Å²) in [6.07, 6.45) is -1.75. The molecule has 3 atom stereocenters. The zero-order valence-corrected chi connectivity index (χ0v) is 24.0. The molecule has 0 aliphatic rings. The quantitative estimate of drug-likeness (QED) is 0.178. The summed E-state index contributed by atoms with van der Waals surface area (Å²) in [6, 6.07) is 3.32. The number of carbonyl (C=O) groups excluding carboxylic acids is 4. The van der Waals surface area contributed by atoms with E-state index in [1.807, 2.05) is 27.7 Å². The van der Waals surface area contributed by atoms with Crippen molar-refractivity contribution in [1.82, 2.24) is 0 Å². The van der Waals surface area contributed by atoms with Gasteiger partial charge < -0.3 is 34.2 Å². The van der Waals surface area contributed by atoms with E-state index in [0.717, 1.165) is 0 Å². The number of carbonyl (C=O) groups is 4. The lowest BCUT2D eigenvalue weighted by Crippen LogP contribution is -2.39. The first-order valence-corrected chi connectivity index (χ1v) is 13.3. The molecule has 0 aromatic heterocycles. The maximum atomic E-state index is 12.5. The molecule has 1 aromatic carbocycles. The van der Waals surface area contributed by atoms with E-state index in [1.54, 1.807) is 26.8 Å². The molecule has 220 valence electrons. The van der Waals surface area contributed by atoms with Crippen LogP contribution < -0.4 is 15.2 Å². The molecule has 0 fully saturated rings.